The summed E-state index contributed by atoms with van der Waals surface area (Å²) in [5, 5.41) is 18.9. The van der Waals surface area contributed by atoms with E-state index in [1.165, 1.54) is 54.4 Å². The second-order valence-corrected chi connectivity index (χ2v) is 20.6. The van der Waals surface area contributed by atoms with Gasteiger partial charge in [-0.15, -0.1) is 22.7 Å². The number of rotatable bonds is 16. The molecular formula is C51H47Cl4LiN8O7S2. The van der Waals surface area contributed by atoms with Crippen LogP contribution in [0, 0.1) is 11.8 Å². The molecule has 0 unspecified atom stereocenters. The Bertz CT molecular complexity index is 3370. The van der Waals surface area contributed by atoms with E-state index in [0.29, 0.717) is 64.4 Å². The first-order valence-corrected chi connectivity index (χ1v) is 25.3. The summed E-state index contributed by atoms with van der Waals surface area (Å²) < 4.78 is 4.97. The van der Waals surface area contributed by atoms with Crippen LogP contribution in [0.25, 0.3) is 44.8 Å². The minimum atomic E-state index is -1.17. The van der Waals surface area contributed by atoms with Crippen LogP contribution in [-0.2, 0) is 17.6 Å². The quantitative estimate of drug-likeness (QED) is 0.0448. The molecule has 374 valence electrons. The molecule has 2 aromatic carbocycles. The first kappa shape index (κ1) is 58.1. The maximum atomic E-state index is 12.6. The average molecular weight is 1100 g/mol. The number of carbonyl (C=O) groups excluding carboxylic acids is 1. The molecule has 15 nitrogen and oxygen atoms in total. The van der Waals surface area contributed by atoms with E-state index < -0.39 is 11.9 Å². The van der Waals surface area contributed by atoms with E-state index in [0.717, 1.165) is 58.0 Å². The summed E-state index contributed by atoms with van der Waals surface area (Å²) in [7, 11) is 1.30. The summed E-state index contributed by atoms with van der Waals surface area (Å²) in [6, 6.07) is 20.5. The fourth-order valence-electron chi connectivity index (χ4n) is 7.08. The maximum Gasteiger partial charge on any atom is 1.00 e. The molecule has 0 atom stereocenters. The van der Waals surface area contributed by atoms with Crippen molar-refractivity contribution in [3.63, 3.8) is 0 Å². The Morgan fingerprint density at radius 3 is 1.45 bits per heavy atom. The normalized spacial score (nSPS) is 10.8. The van der Waals surface area contributed by atoms with Gasteiger partial charge in [-0.1, -0.05) is 86.2 Å². The number of nitrogens with zero attached hydrogens (tertiary/aromatic N) is 4. The number of carbonyl (C=O) groups is 2. The van der Waals surface area contributed by atoms with Crippen molar-refractivity contribution >= 4 is 103 Å². The standard InChI is InChI=1S/C26H24Cl2N4O3S.C25H22Cl2N4O3S.Li.H2O/c1-14(2)6-9-21-22(15-7-8-19(27)20(28)12-15)31-26(36-21)32-23-18(25(34)35-3)11-16(13-30-23)17-5-4-10-29-24(17)33;1-13(2)5-8-20-21(14-6-7-18(26)19(27)11-14)30-25(35-20)31-22-17(24(33)34)10-15(12-29-22)16-4-3-9-28-23(16)32;;/h4-5,7-8,10-14H,6,9H2,1-3H3,(H,29,33)(H,30,31,32);3-4,6-7,9-13H,5,8H2,1-2H3,(H,28,32)(H,33,34)(H,29,30,31);;1H2/q;;+1;/p-1. The number of halogens is 4. The van der Waals surface area contributed by atoms with Crippen LogP contribution < -0.4 is 40.6 Å². The molecule has 0 saturated carbocycles. The molecule has 0 fully saturated rings. The zero-order valence-corrected chi connectivity index (χ0v) is 44.9. The Morgan fingerprint density at radius 1 is 0.644 bits per heavy atom. The Labute approximate surface area is 460 Å². The minimum Gasteiger partial charge on any atom is -0.870 e. The van der Waals surface area contributed by atoms with Gasteiger partial charge in [-0.05, 0) is 98.2 Å². The summed E-state index contributed by atoms with van der Waals surface area (Å²) in [5.41, 5.74) is 4.39. The number of ether oxygens (including phenoxy) is 1. The summed E-state index contributed by atoms with van der Waals surface area (Å²) in [4.78, 5) is 74.6. The third kappa shape index (κ3) is 14.7. The molecule has 0 bridgehead atoms. The van der Waals surface area contributed by atoms with Crippen LogP contribution in [0.2, 0.25) is 20.1 Å². The second-order valence-electron chi connectivity index (χ2n) is 16.8. The minimum absolute atomic E-state index is 0. The van der Waals surface area contributed by atoms with Gasteiger partial charge in [0.15, 0.2) is 10.3 Å². The van der Waals surface area contributed by atoms with Gasteiger partial charge >= 0.3 is 30.8 Å². The van der Waals surface area contributed by atoms with Gasteiger partial charge in [-0.2, -0.15) is 0 Å². The molecule has 8 aromatic rings. The summed E-state index contributed by atoms with van der Waals surface area (Å²) in [6.45, 7) is 8.65. The number of carboxylic acid groups (broad SMARTS) is 1. The fraction of sp³-hybridized carbons (Fsp3) is 0.216. The van der Waals surface area contributed by atoms with Crippen LogP contribution in [0.1, 0.15) is 71.0 Å². The predicted octanol–water partition coefficient (Wildman–Crippen LogP) is 10.7. The largest absolute Gasteiger partial charge is 1.00 e. The van der Waals surface area contributed by atoms with Crippen LogP contribution in [0.15, 0.2) is 107 Å². The SMILES string of the molecule is CC(C)CCc1sc(Nc2ncc(-c3ccc[nH]c3=O)cc2C(=O)O)nc1-c1ccc(Cl)c(Cl)c1.COC(=O)c1cc(-c2ccc[nH]c2=O)cnc1Nc1nc(-c2ccc(Cl)c(Cl)c2)c(CCC(C)C)s1.[Li+].[OH-]. The number of H-pyrrole nitrogens is 2. The van der Waals surface area contributed by atoms with E-state index in [4.69, 9.17) is 61.1 Å². The number of carboxylic acids is 1. The van der Waals surface area contributed by atoms with Crippen LogP contribution >= 0.6 is 69.1 Å². The molecule has 0 aliphatic carbocycles. The van der Waals surface area contributed by atoms with Gasteiger partial charge in [-0.25, -0.2) is 29.5 Å². The molecule has 0 aliphatic heterocycles. The number of nitrogens with one attached hydrogen (secondary N) is 4. The molecule has 0 aliphatic rings. The van der Waals surface area contributed by atoms with Gasteiger partial charge < -0.3 is 35.9 Å². The predicted molar refractivity (Wildman–Crippen MR) is 289 cm³/mol. The number of esters is 1. The van der Waals surface area contributed by atoms with Gasteiger partial charge in [-0.3, -0.25) is 9.59 Å². The molecule has 73 heavy (non-hydrogen) atoms. The molecule has 6 aromatic heterocycles. The van der Waals surface area contributed by atoms with Gasteiger partial charge in [0.2, 0.25) is 0 Å². The van der Waals surface area contributed by atoms with E-state index in [-0.39, 0.29) is 58.2 Å². The van der Waals surface area contributed by atoms with Gasteiger partial charge in [0.05, 0.1) is 38.6 Å². The van der Waals surface area contributed by atoms with E-state index in [1.807, 2.05) is 12.1 Å². The Balaban J connectivity index is 0.000000264. The zero-order valence-electron chi connectivity index (χ0n) is 40.3. The number of anilines is 4. The van der Waals surface area contributed by atoms with Crippen LogP contribution in [0.3, 0.4) is 0 Å². The Morgan fingerprint density at radius 2 is 1.07 bits per heavy atom. The summed E-state index contributed by atoms with van der Waals surface area (Å²) >= 11 is 27.6. The van der Waals surface area contributed by atoms with Gasteiger partial charge in [0.25, 0.3) is 11.1 Å². The zero-order chi connectivity index (χ0) is 50.9. The molecule has 0 saturated heterocycles. The van der Waals surface area contributed by atoms with Gasteiger partial charge in [0.1, 0.15) is 22.8 Å². The Hall–Kier alpha value is -5.84. The third-order valence-electron chi connectivity index (χ3n) is 10.8. The molecule has 0 radical (unpaired) electrons. The van der Waals surface area contributed by atoms with Crippen molar-refractivity contribution in [1.29, 1.82) is 0 Å². The number of methoxy groups -OCH3 is 1. The number of aromatic amines is 2. The molecule has 6 N–H and O–H groups in total. The average Bonchev–Trinajstić information content (AvgIpc) is 3.95. The number of aromatic carboxylic acids is 1. The van der Waals surface area contributed by atoms with Crippen molar-refractivity contribution in [2.24, 2.45) is 11.8 Å². The van der Waals surface area contributed by atoms with Crippen molar-refractivity contribution in [3.8, 4) is 44.8 Å². The second kappa shape index (κ2) is 26.4. The number of thiazole rings is 2. The van der Waals surface area contributed by atoms with E-state index >= 15 is 0 Å². The third-order valence-corrected chi connectivity index (χ3v) is 14.3. The fourth-order valence-corrected chi connectivity index (χ4v) is 9.67. The van der Waals surface area contributed by atoms with Crippen LogP contribution in [-0.4, -0.2) is 59.5 Å². The number of hydrogen-bond donors (Lipinski definition) is 5. The van der Waals surface area contributed by atoms with Crippen LogP contribution in [0.4, 0.5) is 21.9 Å². The number of benzene rings is 2. The van der Waals surface area contributed by atoms with Gasteiger partial charge in [0, 0.05) is 67.9 Å². The van der Waals surface area contributed by atoms with E-state index in [1.54, 1.807) is 60.8 Å². The number of pyridine rings is 4. The van der Waals surface area contributed by atoms with E-state index in [2.05, 4.69) is 58.3 Å². The molecule has 6 heterocycles. The van der Waals surface area contributed by atoms with E-state index in [9.17, 15) is 24.3 Å². The van der Waals surface area contributed by atoms with Crippen molar-refractivity contribution in [3.05, 3.63) is 159 Å². The summed E-state index contributed by atoms with van der Waals surface area (Å²) in [6.07, 6.45) is 9.65. The van der Waals surface area contributed by atoms with Crippen molar-refractivity contribution in [2.75, 3.05) is 17.7 Å². The summed E-state index contributed by atoms with van der Waals surface area (Å²) in [5.74, 6) is -0.312. The maximum absolute atomic E-state index is 12.6. The Kier molecular flexibility index (Phi) is 21.0. The first-order chi connectivity index (χ1) is 34.0. The number of aromatic nitrogens is 6. The number of aryl methyl sites for hydroxylation is 2. The number of hydrogen-bond acceptors (Lipinski definition) is 14. The van der Waals surface area contributed by atoms with Crippen LogP contribution in [0.5, 0.6) is 0 Å². The molecule has 0 amide bonds. The first-order valence-electron chi connectivity index (χ1n) is 22.1. The molecule has 0 spiro atoms. The van der Waals surface area contributed by atoms with Crippen molar-refractivity contribution in [1.82, 2.24) is 29.9 Å². The molecular weight excluding hydrogens is 1050 g/mol. The molecule has 22 heteroatoms. The van der Waals surface area contributed by atoms with Crippen molar-refractivity contribution < 1.29 is 43.8 Å². The molecule has 8 rings (SSSR count). The van der Waals surface area contributed by atoms with Crippen molar-refractivity contribution in [2.45, 2.75) is 53.4 Å². The monoisotopic (exact) mass is 1090 g/mol. The topological polar surface area (TPSA) is 235 Å². The smallest absolute Gasteiger partial charge is 0.870 e.